The molecular weight excluding hydrogens is 392 g/mol. The molecule has 5 nitrogen and oxygen atoms in total. The van der Waals surface area contributed by atoms with Crippen LogP contribution >= 0.6 is 0 Å². The van der Waals surface area contributed by atoms with Crippen LogP contribution in [-0.4, -0.2) is 40.1 Å². The van der Waals surface area contributed by atoms with Crippen LogP contribution in [0, 0.1) is 28.6 Å². The Morgan fingerprint density at radius 1 is 0.933 bits per heavy atom. The average Bonchev–Trinajstić information content (AvgIpc) is 2.99. The Kier molecular flexibility index (Phi) is 5.71. The molecule has 6 heteroatoms. The van der Waals surface area contributed by atoms with Crippen LogP contribution in [-0.2, 0) is 14.1 Å². The van der Waals surface area contributed by atoms with Gasteiger partial charge in [-0.1, -0.05) is 29.7 Å². The molecule has 4 aliphatic rings. The summed E-state index contributed by atoms with van der Waals surface area (Å²) >= 11 is 0. The molecule has 0 aliphatic heterocycles. The zero-order chi connectivity index (χ0) is 21.7. The highest BCUT2D eigenvalue weighted by atomic mass is 28.4. The quantitative estimate of drug-likeness (QED) is 0.418. The van der Waals surface area contributed by atoms with Crippen LogP contribution in [0.3, 0.4) is 0 Å². The van der Waals surface area contributed by atoms with Crippen molar-refractivity contribution in [1.82, 2.24) is 0 Å². The van der Waals surface area contributed by atoms with Gasteiger partial charge >= 0.3 is 0 Å². The molecule has 4 rings (SSSR count). The van der Waals surface area contributed by atoms with Gasteiger partial charge in [0.1, 0.15) is 14.2 Å². The fourth-order valence-corrected chi connectivity index (χ4v) is 8.47. The van der Waals surface area contributed by atoms with Crippen LogP contribution in [0.25, 0.3) is 0 Å². The van der Waals surface area contributed by atoms with E-state index in [2.05, 4.69) is 49.9 Å². The normalized spacial score (nSPS) is 43.6. The van der Waals surface area contributed by atoms with E-state index in [1.165, 1.54) is 31.4 Å². The summed E-state index contributed by atoms with van der Waals surface area (Å²) in [5.74, 6) is 1.91. The van der Waals surface area contributed by atoms with Gasteiger partial charge in [-0.2, -0.15) is 0 Å². The maximum Gasteiger partial charge on any atom is 0.184 e. The number of allylic oxidation sites excluding steroid dienone is 1. The Labute approximate surface area is 183 Å². The molecule has 0 amide bonds. The first-order chi connectivity index (χ1) is 14.1. The highest BCUT2D eigenvalue weighted by Crippen LogP contribution is 2.65. The molecule has 0 bridgehead atoms. The molecule has 168 valence electrons. The van der Waals surface area contributed by atoms with E-state index in [1.807, 2.05) is 0 Å². The number of fused-ring (bicyclic) bond motifs is 5. The number of hydrogen-bond donors (Lipinski definition) is 0. The molecule has 6 atom stereocenters. The van der Waals surface area contributed by atoms with Crippen molar-refractivity contribution in [3.8, 4) is 0 Å². The predicted octanol–water partition coefficient (Wildman–Crippen LogP) is 5.78. The molecule has 0 unspecified atom stereocenters. The van der Waals surface area contributed by atoms with E-state index in [-0.39, 0.29) is 10.8 Å². The zero-order valence-corrected chi connectivity index (χ0v) is 21.0. The molecule has 0 saturated heterocycles. The highest BCUT2D eigenvalue weighted by molar-refractivity contribution is 6.69. The minimum absolute atomic E-state index is 0.160. The lowest BCUT2D eigenvalue weighted by atomic mass is 9.46. The standard InChI is InChI=1S/C24H40N2O3Si/c1-23-12-10-17(25-27-3)14-16(23)15-20(29-30(5,6)7)22-18-8-9-21(26-28-4)24(18,2)13-11-19(22)23/h14,18-20,22H,8-13,15H2,1-7H3/b25-17+,26-21+/t18-,19-,20+,22-,23-,24-/m0/s1. The summed E-state index contributed by atoms with van der Waals surface area (Å²) in [4.78, 5) is 10.4. The van der Waals surface area contributed by atoms with Crippen molar-refractivity contribution in [3.05, 3.63) is 11.6 Å². The van der Waals surface area contributed by atoms with Crippen LogP contribution in [0.2, 0.25) is 19.6 Å². The monoisotopic (exact) mass is 432 g/mol. The van der Waals surface area contributed by atoms with Crippen molar-refractivity contribution in [3.63, 3.8) is 0 Å². The minimum atomic E-state index is -1.67. The summed E-state index contributed by atoms with van der Waals surface area (Å²) in [6.07, 6.45) is 10.6. The first kappa shape index (κ1) is 22.1. The van der Waals surface area contributed by atoms with Gasteiger partial charge in [-0.25, -0.2) is 0 Å². The number of hydrogen-bond acceptors (Lipinski definition) is 5. The van der Waals surface area contributed by atoms with Crippen molar-refractivity contribution in [1.29, 1.82) is 0 Å². The molecule has 3 saturated carbocycles. The lowest BCUT2D eigenvalue weighted by Crippen LogP contribution is -2.57. The molecule has 3 fully saturated rings. The van der Waals surface area contributed by atoms with Crippen LogP contribution in [0.4, 0.5) is 0 Å². The lowest BCUT2D eigenvalue weighted by Gasteiger charge is -2.60. The predicted molar refractivity (Wildman–Crippen MR) is 124 cm³/mol. The first-order valence-corrected chi connectivity index (χ1v) is 15.1. The number of oxime groups is 2. The van der Waals surface area contributed by atoms with Crippen molar-refractivity contribution < 1.29 is 14.1 Å². The van der Waals surface area contributed by atoms with E-state index >= 15 is 0 Å². The van der Waals surface area contributed by atoms with Crippen molar-refractivity contribution >= 4 is 19.7 Å². The zero-order valence-electron chi connectivity index (χ0n) is 20.0. The molecule has 30 heavy (non-hydrogen) atoms. The third kappa shape index (κ3) is 3.58. The third-order valence-electron chi connectivity index (χ3n) is 8.63. The molecule has 0 spiro atoms. The second-order valence-electron chi connectivity index (χ2n) is 11.3. The van der Waals surface area contributed by atoms with E-state index in [9.17, 15) is 0 Å². The fraction of sp³-hybridized carbons (Fsp3) is 0.833. The van der Waals surface area contributed by atoms with Crippen molar-refractivity contribution in [2.75, 3.05) is 14.2 Å². The summed E-state index contributed by atoms with van der Waals surface area (Å²) in [7, 11) is 1.66. The van der Waals surface area contributed by atoms with Crippen molar-refractivity contribution in [2.45, 2.75) is 84.5 Å². The Morgan fingerprint density at radius 3 is 2.30 bits per heavy atom. The van der Waals surface area contributed by atoms with E-state index < -0.39 is 8.32 Å². The van der Waals surface area contributed by atoms with Gasteiger partial charge in [0.15, 0.2) is 8.32 Å². The Hall–Kier alpha value is -1.14. The topological polar surface area (TPSA) is 52.4 Å². The molecule has 0 aromatic heterocycles. The van der Waals surface area contributed by atoms with Gasteiger partial charge in [0.05, 0.1) is 17.5 Å². The maximum atomic E-state index is 6.94. The number of nitrogens with zero attached hydrogens (tertiary/aromatic N) is 2. The van der Waals surface area contributed by atoms with E-state index in [4.69, 9.17) is 14.1 Å². The molecule has 0 heterocycles. The molecule has 0 N–H and O–H groups in total. The summed E-state index contributed by atoms with van der Waals surface area (Å²) in [5, 5.41) is 8.77. The lowest BCUT2D eigenvalue weighted by molar-refractivity contribution is -0.0806. The van der Waals surface area contributed by atoms with Gasteiger partial charge in [-0.15, -0.1) is 0 Å². The van der Waals surface area contributed by atoms with E-state index in [0.29, 0.717) is 23.9 Å². The van der Waals surface area contributed by atoms with Gasteiger partial charge in [0, 0.05) is 5.41 Å². The smallest absolute Gasteiger partial charge is 0.184 e. The van der Waals surface area contributed by atoms with Gasteiger partial charge in [0.2, 0.25) is 0 Å². The average molecular weight is 433 g/mol. The third-order valence-corrected chi connectivity index (χ3v) is 9.64. The second-order valence-corrected chi connectivity index (χ2v) is 15.8. The van der Waals surface area contributed by atoms with Crippen molar-refractivity contribution in [2.24, 2.45) is 38.9 Å². The molecular formula is C24H40N2O3Si. The SMILES string of the molecule is CO/N=C1/C=C2C[C@@H](O[Si](C)(C)C)[C@@H]3[C@H](CC[C@]4(C)/C(=N/OC)CC[C@@H]34)[C@@]2(C)CC1. The van der Waals surface area contributed by atoms with Crippen LogP contribution in [0.15, 0.2) is 22.0 Å². The molecule has 0 aromatic carbocycles. The second kappa shape index (κ2) is 7.77. The Morgan fingerprint density at radius 2 is 1.63 bits per heavy atom. The summed E-state index contributed by atoms with van der Waals surface area (Å²) < 4.78 is 6.94. The van der Waals surface area contributed by atoms with Crippen LogP contribution in [0.5, 0.6) is 0 Å². The molecule has 0 radical (unpaired) electrons. The summed E-state index contributed by atoms with van der Waals surface area (Å²) in [5.41, 5.74) is 4.32. The Bertz CT molecular complexity index is 771. The van der Waals surface area contributed by atoms with Crippen LogP contribution in [0.1, 0.15) is 58.8 Å². The first-order valence-electron chi connectivity index (χ1n) is 11.7. The summed E-state index contributed by atoms with van der Waals surface area (Å²) in [6.45, 7) is 12.0. The Balaban J connectivity index is 1.75. The van der Waals surface area contributed by atoms with Gasteiger partial charge < -0.3 is 14.1 Å². The maximum absolute atomic E-state index is 6.94. The van der Waals surface area contributed by atoms with Crippen LogP contribution < -0.4 is 0 Å². The fourth-order valence-electron chi connectivity index (χ4n) is 7.33. The highest BCUT2D eigenvalue weighted by Gasteiger charge is 2.61. The van der Waals surface area contributed by atoms with Gasteiger partial charge in [-0.05, 0) is 93.8 Å². The minimum Gasteiger partial charge on any atom is -0.414 e. The largest absolute Gasteiger partial charge is 0.414 e. The number of rotatable bonds is 4. The molecule has 4 aliphatic carbocycles. The van der Waals surface area contributed by atoms with E-state index in [0.717, 1.165) is 25.0 Å². The molecule has 0 aromatic rings. The summed E-state index contributed by atoms with van der Waals surface area (Å²) in [6, 6.07) is 0. The van der Waals surface area contributed by atoms with E-state index in [1.54, 1.807) is 19.8 Å². The van der Waals surface area contributed by atoms with Gasteiger partial charge in [0.25, 0.3) is 0 Å². The van der Waals surface area contributed by atoms with Gasteiger partial charge in [-0.3, -0.25) is 0 Å².